The second-order valence-electron chi connectivity index (χ2n) is 6.39. The van der Waals surface area contributed by atoms with Gasteiger partial charge in [0, 0.05) is 17.3 Å². The van der Waals surface area contributed by atoms with Crippen molar-refractivity contribution >= 4 is 5.97 Å². The van der Waals surface area contributed by atoms with E-state index in [1.165, 1.54) is 0 Å². The Bertz CT molecular complexity index is 550. The predicted octanol–water partition coefficient (Wildman–Crippen LogP) is 2.39. The molecule has 21 heavy (non-hydrogen) atoms. The van der Waals surface area contributed by atoms with Crippen molar-refractivity contribution in [2.45, 2.75) is 64.6 Å². The lowest BCUT2D eigenvalue weighted by Gasteiger charge is -2.20. The first-order chi connectivity index (χ1) is 9.95. The molecular weight excluding hydrogens is 268 g/mol. The number of nitrogens with zero attached hydrogens (tertiary/aromatic N) is 2. The summed E-state index contributed by atoms with van der Waals surface area (Å²) in [6.45, 7) is 5.63. The molecule has 114 valence electrons. The van der Waals surface area contributed by atoms with Crippen molar-refractivity contribution in [3.8, 4) is 0 Å². The topological polar surface area (TPSA) is 72.3 Å². The Balaban J connectivity index is 1.84. The molecule has 0 spiro atoms. The Morgan fingerprint density at radius 2 is 2.00 bits per heavy atom. The van der Waals surface area contributed by atoms with Crippen molar-refractivity contribution in [1.82, 2.24) is 9.97 Å². The zero-order valence-electron chi connectivity index (χ0n) is 12.8. The van der Waals surface area contributed by atoms with Crippen LogP contribution >= 0.6 is 0 Å². The first-order valence-electron chi connectivity index (χ1n) is 7.68. The van der Waals surface area contributed by atoms with Gasteiger partial charge in [-0.25, -0.2) is 9.97 Å². The van der Waals surface area contributed by atoms with E-state index in [2.05, 4.69) is 9.97 Å². The molecule has 2 aliphatic rings. The quantitative estimate of drug-likeness (QED) is 0.921. The summed E-state index contributed by atoms with van der Waals surface area (Å²) in [5, 5.41) is 9.07. The summed E-state index contributed by atoms with van der Waals surface area (Å²) in [7, 11) is 0. The van der Waals surface area contributed by atoms with E-state index in [9.17, 15) is 4.79 Å². The molecule has 0 aliphatic carbocycles. The van der Waals surface area contributed by atoms with Gasteiger partial charge in [-0.1, -0.05) is 6.92 Å². The van der Waals surface area contributed by atoms with Gasteiger partial charge in [0.15, 0.2) is 0 Å². The number of hydrogen-bond donors (Lipinski definition) is 1. The molecule has 5 heteroatoms. The Morgan fingerprint density at radius 3 is 2.48 bits per heavy atom. The summed E-state index contributed by atoms with van der Waals surface area (Å²) in [6.07, 6.45) is 4.44. The summed E-state index contributed by atoms with van der Waals surface area (Å²) >= 11 is 0. The minimum Gasteiger partial charge on any atom is -0.481 e. The van der Waals surface area contributed by atoms with E-state index in [1.807, 2.05) is 13.8 Å². The van der Waals surface area contributed by atoms with Crippen LogP contribution < -0.4 is 0 Å². The number of carboxylic acid groups (broad SMARTS) is 1. The number of ether oxygens (including phenoxy) is 1. The average molecular weight is 290 g/mol. The minimum absolute atomic E-state index is 0.276. The van der Waals surface area contributed by atoms with Gasteiger partial charge in [0.25, 0.3) is 0 Å². The van der Waals surface area contributed by atoms with Crippen molar-refractivity contribution < 1.29 is 14.6 Å². The molecule has 2 saturated heterocycles. The monoisotopic (exact) mass is 290 g/mol. The average Bonchev–Trinajstić information content (AvgIpc) is 3.04. The molecular formula is C16H22N2O3. The predicted molar refractivity (Wildman–Crippen MR) is 77.3 cm³/mol. The molecule has 1 aromatic heterocycles. The molecule has 2 aliphatic heterocycles. The molecule has 0 radical (unpaired) electrons. The van der Waals surface area contributed by atoms with Crippen LogP contribution in [0.2, 0.25) is 0 Å². The summed E-state index contributed by atoms with van der Waals surface area (Å²) in [4.78, 5) is 20.4. The fourth-order valence-corrected chi connectivity index (χ4v) is 3.53. The smallest absolute Gasteiger partial charge is 0.306 e. The molecule has 0 aromatic carbocycles. The molecule has 0 saturated carbocycles. The zero-order chi connectivity index (χ0) is 15.1. The van der Waals surface area contributed by atoms with Crippen molar-refractivity contribution in [2.24, 2.45) is 5.92 Å². The third kappa shape index (κ3) is 2.67. The Kier molecular flexibility index (Phi) is 3.69. The number of rotatable bonds is 4. The van der Waals surface area contributed by atoms with E-state index in [-0.39, 0.29) is 6.10 Å². The molecule has 4 unspecified atom stereocenters. The number of hydrogen-bond acceptors (Lipinski definition) is 4. The maximum absolute atomic E-state index is 11.0. The Hall–Kier alpha value is -1.49. The number of carbonyl (C=O) groups is 1. The van der Waals surface area contributed by atoms with Gasteiger partial charge in [-0.05, 0) is 45.1 Å². The van der Waals surface area contributed by atoms with E-state index in [1.54, 1.807) is 6.92 Å². The lowest BCUT2D eigenvalue weighted by Crippen LogP contribution is -2.20. The summed E-state index contributed by atoms with van der Waals surface area (Å²) in [5.74, 6) is -0.00178. The third-order valence-corrected chi connectivity index (χ3v) is 4.81. The maximum atomic E-state index is 11.0. The van der Waals surface area contributed by atoms with Crippen LogP contribution in [0, 0.1) is 19.8 Å². The highest BCUT2D eigenvalue weighted by Gasteiger charge is 2.43. The van der Waals surface area contributed by atoms with Gasteiger partial charge in [-0.15, -0.1) is 0 Å². The molecule has 2 fully saturated rings. The van der Waals surface area contributed by atoms with Crippen LogP contribution in [-0.4, -0.2) is 33.3 Å². The van der Waals surface area contributed by atoms with Gasteiger partial charge in [-0.3, -0.25) is 4.79 Å². The fraction of sp³-hybridized carbons (Fsp3) is 0.688. The van der Waals surface area contributed by atoms with Crippen LogP contribution in [0.4, 0.5) is 0 Å². The van der Waals surface area contributed by atoms with E-state index >= 15 is 0 Å². The van der Waals surface area contributed by atoms with Crippen molar-refractivity contribution in [1.29, 1.82) is 0 Å². The van der Waals surface area contributed by atoms with Gasteiger partial charge in [0.1, 0.15) is 5.82 Å². The van der Waals surface area contributed by atoms with Crippen LogP contribution in [0.25, 0.3) is 0 Å². The van der Waals surface area contributed by atoms with Crippen LogP contribution in [0.3, 0.4) is 0 Å². The van der Waals surface area contributed by atoms with Crippen LogP contribution in [0.15, 0.2) is 0 Å². The highest BCUT2D eigenvalue weighted by molar-refractivity contribution is 5.70. The first kappa shape index (κ1) is 14.4. The van der Waals surface area contributed by atoms with E-state index < -0.39 is 11.9 Å². The summed E-state index contributed by atoms with van der Waals surface area (Å²) < 4.78 is 5.89. The molecule has 3 heterocycles. The second-order valence-corrected chi connectivity index (χ2v) is 6.39. The normalized spacial score (nSPS) is 28.8. The molecule has 3 rings (SSSR count). The molecule has 5 nitrogen and oxygen atoms in total. The SMILES string of the molecule is Cc1nc(C2CC3CCC2O3)nc(C)c1CC(C)C(=O)O. The summed E-state index contributed by atoms with van der Waals surface area (Å²) in [6, 6.07) is 0. The van der Waals surface area contributed by atoms with E-state index in [4.69, 9.17) is 9.84 Å². The third-order valence-electron chi connectivity index (χ3n) is 4.81. The standard InChI is InChI=1S/C16H22N2O3/c1-8(16(19)20)6-12-9(2)17-15(18-10(12)3)13-7-11-4-5-14(13)21-11/h8,11,13-14H,4-7H2,1-3H3,(H,19,20). The van der Waals surface area contributed by atoms with Gasteiger partial charge < -0.3 is 9.84 Å². The Labute approximate surface area is 124 Å². The highest BCUT2D eigenvalue weighted by atomic mass is 16.5. The van der Waals surface area contributed by atoms with Crippen molar-refractivity contribution in [3.05, 3.63) is 22.8 Å². The Morgan fingerprint density at radius 1 is 1.33 bits per heavy atom. The lowest BCUT2D eigenvalue weighted by molar-refractivity contribution is -0.141. The molecule has 4 atom stereocenters. The zero-order valence-corrected chi connectivity index (χ0v) is 12.8. The molecule has 1 N–H and O–H groups in total. The molecule has 0 amide bonds. The van der Waals surface area contributed by atoms with Crippen molar-refractivity contribution in [3.63, 3.8) is 0 Å². The first-order valence-corrected chi connectivity index (χ1v) is 7.68. The van der Waals surface area contributed by atoms with Crippen molar-refractivity contribution in [2.75, 3.05) is 0 Å². The van der Waals surface area contributed by atoms with Gasteiger partial charge in [0.2, 0.25) is 0 Å². The van der Waals surface area contributed by atoms with Gasteiger partial charge in [0.05, 0.1) is 18.1 Å². The number of aromatic nitrogens is 2. The van der Waals surface area contributed by atoms with Gasteiger partial charge >= 0.3 is 5.97 Å². The molecule has 1 aromatic rings. The largest absolute Gasteiger partial charge is 0.481 e. The van der Waals surface area contributed by atoms with E-state index in [0.717, 1.165) is 42.0 Å². The highest BCUT2D eigenvalue weighted by Crippen LogP contribution is 2.43. The number of aliphatic carboxylic acids is 1. The second kappa shape index (κ2) is 5.37. The minimum atomic E-state index is -0.778. The lowest BCUT2D eigenvalue weighted by atomic mass is 9.88. The van der Waals surface area contributed by atoms with Crippen LogP contribution in [0.5, 0.6) is 0 Å². The number of fused-ring (bicyclic) bond motifs is 2. The fourth-order valence-electron chi connectivity index (χ4n) is 3.53. The summed E-state index contributed by atoms with van der Waals surface area (Å²) in [5.41, 5.74) is 2.79. The van der Waals surface area contributed by atoms with Gasteiger partial charge in [-0.2, -0.15) is 0 Å². The number of aryl methyl sites for hydroxylation is 2. The van der Waals surface area contributed by atoms with Crippen LogP contribution in [-0.2, 0) is 16.0 Å². The van der Waals surface area contributed by atoms with Crippen LogP contribution in [0.1, 0.15) is 54.9 Å². The molecule has 2 bridgehead atoms. The van der Waals surface area contributed by atoms with E-state index in [0.29, 0.717) is 18.4 Å². The maximum Gasteiger partial charge on any atom is 0.306 e. The number of carboxylic acids is 1.